The number of hydrogen-bond acceptors (Lipinski definition) is 4. The van der Waals surface area contributed by atoms with Crippen LogP contribution in [0.1, 0.15) is 34.3 Å². The van der Waals surface area contributed by atoms with Crippen LogP contribution in [0.5, 0.6) is 0 Å². The molecule has 0 aliphatic heterocycles. The van der Waals surface area contributed by atoms with Gasteiger partial charge in [-0.15, -0.1) is 0 Å². The van der Waals surface area contributed by atoms with E-state index in [9.17, 15) is 13.2 Å². The summed E-state index contributed by atoms with van der Waals surface area (Å²) < 4.78 is 27.1. The van der Waals surface area contributed by atoms with Gasteiger partial charge in [0.1, 0.15) is 0 Å². The molecule has 6 nitrogen and oxygen atoms in total. The molecule has 0 unspecified atom stereocenters. The predicted octanol–water partition coefficient (Wildman–Crippen LogP) is 3.54. The quantitative estimate of drug-likeness (QED) is 0.692. The number of nitrogens with one attached hydrogen (secondary N) is 2. The normalized spacial score (nSPS) is 14.2. The van der Waals surface area contributed by atoms with Crippen LogP contribution in [-0.4, -0.2) is 25.4 Å². The Bertz CT molecular complexity index is 1170. The summed E-state index contributed by atoms with van der Waals surface area (Å²) in [6.07, 6.45) is 3.41. The lowest BCUT2D eigenvalue weighted by Gasteiger charge is -2.11. The van der Waals surface area contributed by atoms with E-state index in [-0.39, 0.29) is 16.8 Å². The molecular weight excluding hydrogens is 374 g/mol. The Hall–Kier alpha value is -2.77. The molecule has 144 valence electrons. The van der Waals surface area contributed by atoms with Crippen LogP contribution >= 0.6 is 0 Å². The Labute approximate surface area is 164 Å². The van der Waals surface area contributed by atoms with Gasteiger partial charge in [-0.25, -0.2) is 13.1 Å². The minimum atomic E-state index is -3.53. The number of hydrogen-bond donors (Lipinski definition) is 2. The van der Waals surface area contributed by atoms with Crippen LogP contribution in [0.2, 0.25) is 0 Å². The van der Waals surface area contributed by atoms with E-state index in [0.29, 0.717) is 11.3 Å². The number of aromatic nitrogens is 1. The standard InChI is InChI=1S/C21H21N3O3S/c1-13-11-14(2)20-18(12-13)19(9-10-22-20)23-21(25)15-3-7-17(8-4-15)28(26,27)24-16-5-6-16/h3-4,7-12,16,24H,5-6H2,1-2H3,(H,22,23,25). The summed E-state index contributed by atoms with van der Waals surface area (Å²) in [7, 11) is -3.53. The maximum Gasteiger partial charge on any atom is 0.255 e. The van der Waals surface area contributed by atoms with Crippen LogP contribution in [0.15, 0.2) is 53.6 Å². The Morgan fingerprint density at radius 2 is 1.79 bits per heavy atom. The van der Waals surface area contributed by atoms with E-state index < -0.39 is 10.0 Å². The minimum Gasteiger partial charge on any atom is -0.321 e. The number of sulfonamides is 1. The molecule has 1 aromatic heterocycles. The van der Waals surface area contributed by atoms with E-state index in [0.717, 1.165) is 34.9 Å². The molecule has 0 atom stereocenters. The molecule has 0 saturated heterocycles. The van der Waals surface area contributed by atoms with Gasteiger partial charge < -0.3 is 5.32 Å². The zero-order valence-electron chi connectivity index (χ0n) is 15.7. The summed E-state index contributed by atoms with van der Waals surface area (Å²) in [5.74, 6) is -0.300. The van der Waals surface area contributed by atoms with Crippen molar-refractivity contribution in [3.63, 3.8) is 0 Å². The smallest absolute Gasteiger partial charge is 0.255 e. The first-order valence-corrected chi connectivity index (χ1v) is 10.6. The van der Waals surface area contributed by atoms with Crippen LogP contribution in [0, 0.1) is 13.8 Å². The van der Waals surface area contributed by atoms with Crippen LogP contribution in [0.3, 0.4) is 0 Å². The maximum atomic E-state index is 12.7. The second kappa shape index (κ2) is 7.00. The molecule has 0 radical (unpaired) electrons. The maximum absolute atomic E-state index is 12.7. The number of benzene rings is 2. The van der Waals surface area contributed by atoms with Gasteiger partial charge >= 0.3 is 0 Å². The average molecular weight is 395 g/mol. The van der Waals surface area contributed by atoms with Crippen LogP contribution in [0.4, 0.5) is 5.69 Å². The lowest BCUT2D eigenvalue weighted by atomic mass is 10.1. The fourth-order valence-electron chi connectivity index (χ4n) is 3.19. The van der Waals surface area contributed by atoms with E-state index in [4.69, 9.17) is 0 Å². The lowest BCUT2D eigenvalue weighted by molar-refractivity contribution is 0.102. The summed E-state index contributed by atoms with van der Waals surface area (Å²) in [6.45, 7) is 3.99. The predicted molar refractivity (Wildman–Crippen MR) is 109 cm³/mol. The van der Waals surface area contributed by atoms with E-state index in [2.05, 4.69) is 21.1 Å². The SMILES string of the molecule is Cc1cc(C)c2nccc(NC(=O)c3ccc(S(=O)(=O)NC4CC4)cc3)c2c1. The first kappa shape index (κ1) is 18.6. The summed E-state index contributed by atoms with van der Waals surface area (Å²) in [5, 5.41) is 3.79. The van der Waals surface area contributed by atoms with Crippen molar-refractivity contribution in [3.05, 3.63) is 65.4 Å². The second-order valence-corrected chi connectivity index (χ2v) is 8.92. The third kappa shape index (κ3) is 3.76. The highest BCUT2D eigenvalue weighted by Crippen LogP contribution is 2.26. The molecule has 2 N–H and O–H groups in total. The monoisotopic (exact) mass is 395 g/mol. The van der Waals surface area contributed by atoms with Gasteiger partial charge in [-0.1, -0.05) is 11.6 Å². The molecule has 1 heterocycles. The van der Waals surface area contributed by atoms with Crippen molar-refractivity contribution in [2.75, 3.05) is 5.32 Å². The number of fused-ring (bicyclic) bond motifs is 1. The molecule has 2 aromatic carbocycles. The van der Waals surface area contributed by atoms with Gasteiger partial charge in [0.2, 0.25) is 10.0 Å². The molecule has 0 bridgehead atoms. The zero-order valence-corrected chi connectivity index (χ0v) is 16.5. The van der Waals surface area contributed by atoms with Crippen LogP contribution < -0.4 is 10.0 Å². The molecule has 28 heavy (non-hydrogen) atoms. The Kier molecular flexibility index (Phi) is 4.64. The number of nitrogens with zero attached hydrogens (tertiary/aromatic N) is 1. The zero-order chi connectivity index (χ0) is 19.9. The fraction of sp³-hybridized carbons (Fsp3) is 0.238. The summed E-state index contributed by atoms with van der Waals surface area (Å²) in [4.78, 5) is 17.2. The van der Waals surface area contributed by atoms with Crippen molar-refractivity contribution in [1.29, 1.82) is 0 Å². The van der Waals surface area contributed by atoms with E-state index in [1.807, 2.05) is 19.9 Å². The number of carbonyl (C=O) groups excluding carboxylic acids is 1. The Balaban J connectivity index is 1.58. The molecule has 1 fully saturated rings. The molecule has 1 amide bonds. The van der Waals surface area contributed by atoms with Gasteiger partial charge in [-0.3, -0.25) is 9.78 Å². The summed E-state index contributed by atoms with van der Waals surface area (Å²) in [5.41, 5.74) is 4.04. The second-order valence-electron chi connectivity index (χ2n) is 7.21. The first-order valence-electron chi connectivity index (χ1n) is 9.13. The highest BCUT2D eigenvalue weighted by Gasteiger charge is 2.28. The van der Waals surface area contributed by atoms with E-state index >= 15 is 0 Å². The van der Waals surface area contributed by atoms with Gasteiger partial charge in [0, 0.05) is 23.2 Å². The molecular formula is C21H21N3O3S. The number of amides is 1. The molecule has 7 heteroatoms. The van der Waals surface area contributed by atoms with Crippen LogP contribution in [0.25, 0.3) is 10.9 Å². The van der Waals surface area contributed by atoms with Crippen molar-refractivity contribution in [2.45, 2.75) is 37.6 Å². The van der Waals surface area contributed by atoms with Gasteiger partial charge in [-0.2, -0.15) is 0 Å². The van der Waals surface area contributed by atoms with Gasteiger partial charge in [-0.05, 0) is 68.7 Å². The summed E-state index contributed by atoms with van der Waals surface area (Å²) >= 11 is 0. The Morgan fingerprint density at radius 1 is 1.07 bits per heavy atom. The largest absolute Gasteiger partial charge is 0.321 e. The summed E-state index contributed by atoms with van der Waals surface area (Å²) in [6, 6.07) is 11.8. The lowest BCUT2D eigenvalue weighted by Crippen LogP contribution is -2.25. The highest BCUT2D eigenvalue weighted by molar-refractivity contribution is 7.89. The third-order valence-electron chi connectivity index (χ3n) is 4.75. The van der Waals surface area contributed by atoms with Gasteiger partial charge in [0.15, 0.2) is 0 Å². The van der Waals surface area contributed by atoms with Crippen molar-refractivity contribution < 1.29 is 13.2 Å². The molecule has 4 rings (SSSR count). The number of anilines is 1. The third-order valence-corrected chi connectivity index (χ3v) is 6.29. The highest BCUT2D eigenvalue weighted by atomic mass is 32.2. The molecule has 3 aromatic rings. The first-order chi connectivity index (χ1) is 13.3. The van der Waals surface area contributed by atoms with Crippen molar-refractivity contribution in [2.24, 2.45) is 0 Å². The fourth-order valence-corrected chi connectivity index (χ4v) is 4.50. The number of rotatable bonds is 5. The van der Waals surface area contributed by atoms with E-state index in [1.54, 1.807) is 12.3 Å². The molecule has 1 aliphatic carbocycles. The van der Waals surface area contributed by atoms with Crippen molar-refractivity contribution in [3.8, 4) is 0 Å². The Morgan fingerprint density at radius 3 is 2.46 bits per heavy atom. The van der Waals surface area contributed by atoms with E-state index in [1.165, 1.54) is 24.3 Å². The molecule has 1 aliphatic rings. The topological polar surface area (TPSA) is 88.2 Å². The van der Waals surface area contributed by atoms with Gasteiger partial charge in [0.05, 0.1) is 16.1 Å². The average Bonchev–Trinajstić information content (AvgIpc) is 3.46. The van der Waals surface area contributed by atoms with Gasteiger partial charge in [0.25, 0.3) is 5.91 Å². The molecule has 0 spiro atoms. The van der Waals surface area contributed by atoms with Crippen molar-refractivity contribution >= 4 is 32.5 Å². The number of pyridine rings is 1. The number of carbonyl (C=O) groups is 1. The molecule has 1 saturated carbocycles. The van der Waals surface area contributed by atoms with Crippen molar-refractivity contribution in [1.82, 2.24) is 9.71 Å². The number of aryl methyl sites for hydroxylation is 2. The minimum absolute atomic E-state index is 0.0415. The van der Waals surface area contributed by atoms with Crippen LogP contribution in [-0.2, 0) is 10.0 Å².